The maximum absolute atomic E-state index is 5.72. The van der Waals surface area contributed by atoms with Crippen molar-refractivity contribution in [2.24, 2.45) is 0 Å². The van der Waals surface area contributed by atoms with Gasteiger partial charge in [-0.1, -0.05) is 0 Å². The van der Waals surface area contributed by atoms with Crippen LogP contribution in [0.4, 0.5) is 11.5 Å². The minimum absolute atomic E-state index is 0.344. The fraction of sp³-hybridized carbons (Fsp3) is 0.625. The third-order valence-electron chi connectivity index (χ3n) is 1.66. The Hall–Kier alpha value is -1.19. The second-order valence-electron chi connectivity index (χ2n) is 3.02. The zero-order chi connectivity index (χ0) is 9.14. The van der Waals surface area contributed by atoms with E-state index in [9.17, 15) is 0 Å². The van der Waals surface area contributed by atoms with Gasteiger partial charge >= 0.3 is 0 Å². The second-order valence-corrected chi connectivity index (χ2v) is 3.02. The Bertz CT molecular complexity index is 252. The normalized spacial score (nSPS) is 10.7. The highest BCUT2D eigenvalue weighted by atomic mass is 15.3. The van der Waals surface area contributed by atoms with E-state index in [4.69, 9.17) is 5.73 Å². The van der Waals surface area contributed by atoms with Crippen molar-refractivity contribution in [2.75, 3.05) is 17.6 Å². The summed E-state index contributed by atoms with van der Waals surface area (Å²) in [7, 11) is 0. The fourth-order valence-electron chi connectivity index (χ4n) is 1.12. The van der Waals surface area contributed by atoms with Crippen LogP contribution in [0.25, 0.3) is 0 Å². The number of hydrogen-bond donors (Lipinski definition) is 2. The lowest BCUT2D eigenvalue weighted by molar-refractivity contribution is 0.538. The van der Waals surface area contributed by atoms with Crippen LogP contribution in [0, 0.1) is 0 Å². The summed E-state index contributed by atoms with van der Waals surface area (Å²) in [4.78, 5) is 0. The molecule has 0 spiro atoms. The van der Waals surface area contributed by atoms with Crippen molar-refractivity contribution < 1.29 is 0 Å². The van der Waals surface area contributed by atoms with Crippen LogP contribution in [0.3, 0.4) is 0 Å². The summed E-state index contributed by atoms with van der Waals surface area (Å²) in [5.74, 6) is 0.924. The van der Waals surface area contributed by atoms with Crippen LogP contribution in [-0.2, 0) is 0 Å². The van der Waals surface area contributed by atoms with Crippen molar-refractivity contribution >= 4 is 11.5 Å². The average Bonchev–Trinajstić information content (AvgIpc) is 2.34. The van der Waals surface area contributed by atoms with Crippen molar-refractivity contribution in [3.8, 4) is 0 Å². The zero-order valence-electron chi connectivity index (χ0n) is 7.83. The summed E-state index contributed by atoms with van der Waals surface area (Å²) in [6.45, 7) is 7.06. The summed E-state index contributed by atoms with van der Waals surface area (Å²) in [5, 5.41) is 7.34. The number of hydrogen-bond acceptors (Lipinski definition) is 3. The highest BCUT2D eigenvalue weighted by Crippen LogP contribution is 2.20. The predicted octanol–water partition coefficient (Wildman–Crippen LogP) is 1.48. The second kappa shape index (κ2) is 3.47. The lowest BCUT2D eigenvalue weighted by Crippen LogP contribution is -2.10. The first-order valence-corrected chi connectivity index (χ1v) is 4.23. The van der Waals surface area contributed by atoms with Crippen LogP contribution in [0.15, 0.2) is 6.20 Å². The molecule has 1 aromatic heterocycles. The number of aromatic nitrogens is 2. The van der Waals surface area contributed by atoms with Gasteiger partial charge in [-0.3, -0.25) is 0 Å². The first-order valence-electron chi connectivity index (χ1n) is 4.23. The molecule has 0 atom stereocenters. The molecular weight excluding hydrogens is 152 g/mol. The SMILES string of the molecule is CCNc1c(N)cnn1C(C)C. The van der Waals surface area contributed by atoms with Crippen molar-refractivity contribution in [1.29, 1.82) is 0 Å². The highest BCUT2D eigenvalue weighted by Gasteiger charge is 2.08. The summed E-state index contributed by atoms with van der Waals surface area (Å²) in [5.41, 5.74) is 6.43. The van der Waals surface area contributed by atoms with Gasteiger partial charge in [-0.15, -0.1) is 0 Å². The lowest BCUT2D eigenvalue weighted by atomic mass is 10.4. The molecule has 12 heavy (non-hydrogen) atoms. The minimum Gasteiger partial charge on any atom is -0.394 e. The number of anilines is 2. The molecule has 0 unspecified atom stereocenters. The van der Waals surface area contributed by atoms with Crippen molar-refractivity contribution in [2.45, 2.75) is 26.8 Å². The number of rotatable bonds is 3. The van der Waals surface area contributed by atoms with Crippen molar-refractivity contribution in [1.82, 2.24) is 9.78 Å². The maximum Gasteiger partial charge on any atom is 0.147 e. The molecule has 4 nitrogen and oxygen atoms in total. The van der Waals surface area contributed by atoms with Gasteiger partial charge in [0.1, 0.15) is 5.82 Å². The van der Waals surface area contributed by atoms with E-state index in [1.54, 1.807) is 6.20 Å². The first-order chi connectivity index (χ1) is 5.66. The largest absolute Gasteiger partial charge is 0.394 e. The van der Waals surface area contributed by atoms with Gasteiger partial charge in [-0.05, 0) is 20.8 Å². The molecule has 0 aromatic carbocycles. The van der Waals surface area contributed by atoms with E-state index in [0.717, 1.165) is 12.4 Å². The third kappa shape index (κ3) is 1.52. The van der Waals surface area contributed by atoms with Gasteiger partial charge in [0.05, 0.1) is 11.9 Å². The highest BCUT2D eigenvalue weighted by molar-refractivity contribution is 5.60. The van der Waals surface area contributed by atoms with Crippen molar-refractivity contribution in [3.63, 3.8) is 0 Å². The molecule has 3 N–H and O–H groups in total. The molecule has 0 aliphatic carbocycles. The van der Waals surface area contributed by atoms with E-state index in [0.29, 0.717) is 11.7 Å². The van der Waals surface area contributed by atoms with Gasteiger partial charge < -0.3 is 11.1 Å². The molecule has 1 heterocycles. The Morgan fingerprint density at radius 1 is 1.67 bits per heavy atom. The molecule has 0 aliphatic heterocycles. The number of nitrogens with zero attached hydrogens (tertiary/aromatic N) is 2. The van der Waals surface area contributed by atoms with E-state index >= 15 is 0 Å². The van der Waals surface area contributed by atoms with Crippen LogP contribution in [0.1, 0.15) is 26.8 Å². The molecule has 0 amide bonds. The van der Waals surface area contributed by atoms with Crippen LogP contribution in [0.2, 0.25) is 0 Å². The molecule has 4 heteroatoms. The van der Waals surface area contributed by atoms with Gasteiger partial charge in [-0.25, -0.2) is 4.68 Å². The number of nitrogen functional groups attached to an aromatic ring is 1. The van der Waals surface area contributed by atoms with Gasteiger partial charge in [0, 0.05) is 12.6 Å². The van der Waals surface area contributed by atoms with Gasteiger partial charge in [0.15, 0.2) is 0 Å². The summed E-state index contributed by atoms with van der Waals surface area (Å²) < 4.78 is 1.89. The molecule has 68 valence electrons. The van der Waals surface area contributed by atoms with E-state index in [1.807, 2.05) is 11.6 Å². The number of nitrogens with one attached hydrogen (secondary N) is 1. The summed E-state index contributed by atoms with van der Waals surface area (Å²) >= 11 is 0. The van der Waals surface area contributed by atoms with Crippen LogP contribution < -0.4 is 11.1 Å². The Morgan fingerprint density at radius 2 is 2.33 bits per heavy atom. The maximum atomic E-state index is 5.72. The average molecular weight is 168 g/mol. The monoisotopic (exact) mass is 168 g/mol. The molecule has 0 aliphatic rings. The summed E-state index contributed by atoms with van der Waals surface area (Å²) in [6.07, 6.45) is 1.68. The van der Waals surface area contributed by atoms with E-state index in [-0.39, 0.29) is 0 Å². The van der Waals surface area contributed by atoms with E-state index < -0.39 is 0 Å². The Morgan fingerprint density at radius 3 is 2.83 bits per heavy atom. The standard InChI is InChI=1S/C8H16N4/c1-4-10-8-7(9)5-11-12(8)6(2)3/h5-6,10H,4,9H2,1-3H3. The quantitative estimate of drug-likeness (QED) is 0.718. The Labute approximate surface area is 72.8 Å². The summed E-state index contributed by atoms with van der Waals surface area (Å²) in [6, 6.07) is 0.344. The molecule has 1 aromatic rings. The Balaban J connectivity index is 2.95. The van der Waals surface area contributed by atoms with E-state index in [2.05, 4.69) is 24.3 Å². The van der Waals surface area contributed by atoms with Crippen LogP contribution in [0.5, 0.6) is 0 Å². The zero-order valence-corrected chi connectivity index (χ0v) is 7.83. The van der Waals surface area contributed by atoms with Gasteiger partial charge in [-0.2, -0.15) is 5.10 Å². The van der Waals surface area contributed by atoms with Crippen molar-refractivity contribution in [3.05, 3.63) is 6.20 Å². The van der Waals surface area contributed by atoms with Crippen LogP contribution in [-0.4, -0.2) is 16.3 Å². The molecule has 0 radical (unpaired) electrons. The van der Waals surface area contributed by atoms with Gasteiger partial charge in [0.25, 0.3) is 0 Å². The fourth-order valence-corrected chi connectivity index (χ4v) is 1.12. The smallest absolute Gasteiger partial charge is 0.147 e. The topological polar surface area (TPSA) is 55.9 Å². The van der Waals surface area contributed by atoms with E-state index in [1.165, 1.54) is 0 Å². The first kappa shape index (κ1) is 8.90. The molecule has 1 rings (SSSR count). The third-order valence-corrected chi connectivity index (χ3v) is 1.66. The Kier molecular flexibility index (Phi) is 2.58. The molecular formula is C8H16N4. The van der Waals surface area contributed by atoms with Gasteiger partial charge in [0.2, 0.25) is 0 Å². The molecule has 0 saturated carbocycles. The minimum atomic E-state index is 0.344. The molecule has 0 fully saturated rings. The number of nitrogens with two attached hydrogens (primary N) is 1. The molecule has 0 bridgehead atoms. The lowest BCUT2D eigenvalue weighted by Gasteiger charge is -2.11. The van der Waals surface area contributed by atoms with Crippen LogP contribution >= 0.6 is 0 Å². The predicted molar refractivity (Wildman–Crippen MR) is 51.2 cm³/mol. The molecule has 0 saturated heterocycles.